The SMILES string of the molecule is COc1cccc(C(C)OC)c1.O=Cc1ccc(-c2ccc(O)cc2)cc1. The maximum atomic E-state index is 10.5. The molecule has 1 unspecified atom stereocenters. The molecule has 3 aromatic carbocycles. The Balaban J connectivity index is 0.000000199. The molecule has 0 aliphatic rings. The van der Waals surface area contributed by atoms with Crippen LogP contribution in [0.2, 0.25) is 0 Å². The molecular weight excluding hydrogens is 340 g/mol. The Morgan fingerprint density at radius 2 is 1.48 bits per heavy atom. The molecule has 0 fully saturated rings. The fourth-order valence-electron chi connectivity index (χ4n) is 2.44. The van der Waals surface area contributed by atoms with Crippen molar-refractivity contribution in [1.82, 2.24) is 0 Å². The molecule has 0 saturated carbocycles. The van der Waals surface area contributed by atoms with Crippen molar-refractivity contribution >= 4 is 6.29 Å². The minimum absolute atomic E-state index is 0.125. The molecule has 0 heterocycles. The summed E-state index contributed by atoms with van der Waals surface area (Å²) < 4.78 is 10.3. The van der Waals surface area contributed by atoms with Gasteiger partial charge in [0.05, 0.1) is 13.2 Å². The van der Waals surface area contributed by atoms with Crippen molar-refractivity contribution in [1.29, 1.82) is 0 Å². The molecule has 3 rings (SSSR count). The molecule has 0 bridgehead atoms. The van der Waals surface area contributed by atoms with E-state index in [1.165, 1.54) is 0 Å². The van der Waals surface area contributed by atoms with Crippen LogP contribution >= 0.6 is 0 Å². The van der Waals surface area contributed by atoms with Gasteiger partial charge in [-0.3, -0.25) is 4.79 Å². The fraction of sp³-hybridized carbons (Fsp3) is 0.174. The predicted octanol–water partition coefficient (Wildman–Crippen LogP) is 5.27. The van der Waals surface area contributed by atoms with Gasteiger partial charge >= 0.3 is 0 Å². The zero-order chi connectivity index (χ0) is 19.6. The number of carbonyl (C=O) groups is 1. The summed E-state index contributed by atoms with van der Waals surface area (Å²) >= 11 is 0. The van der Waals surface area contributed by atoms with Crippen LogP contribution in [0, 0.1) is 0 Å². The summed E-state index contributed by atoms with van der Waals surface area (Å²) in [5.41, 5.74) is 3.85. The Morgan fingerprint density at radius 1 is 0.889 bits per heavy atom. The van der Waals surface area contributed by atoms with E-state index in [0.717, 1.165) is 28.7 Å². The standard InChI is InChI=1S/C13H10O2.C10H14O2/c14-9-10-1-3-11(4-2-10)12-5-7-13(15)8-6-12;1-8(11-2)9-5-4-6-10(7-9)12-3/h1-9,15H;4-8H,1-3H3. The molecule has 0 radical (unpaired) electrons. The predicted molar refractivity (Wildman–Crippen MR) is 107 cm³/mol. The van der Waals surface area contributed by atoms with Crippen molar-refractivity contribution < 1.29 is 19.4 Å². The van der Waals surface area contributed by atoms with E-state index in [4.69, 9.17) is 14.6 Å². The third kappa shape index (κ3) is 5.97. The Labute approximate surface area is 160 Å². The van der Waals surface area contributed by atoms with E-state index in [9.17, 15) is 4.79 Å². The van der Waals surface area contributed by atoms with Crippen molar-refractivity contribution in [3.63, 3.8) is 0 Å². The van der Waals surface area contributed by atoms with Crippen LogP contribution in [0.25, 0.3) is 11.1 Å². The molecule has 0 saturated heterocycles. The number of hydrogen-bond acceptors (Lipinski definition) is 4. The summed E-state index contributed by atoms with van der Waals surface area (Å²) in [6.45, 7) is 2.01. The molecular formula is C23H24O4. The van der Waals surface area contributed by atoms with E-state index in [-0.39, 0.29) is 11.9 Å². The van der Waals surface area contributed by atoms with E-state index >= 15 is 0 Å². The maximum Gasteiger partial charge on any atom is 0.150 e. The van der Waals surface area contributed by atoms with Crippen molar-refractivity contribution in [2.24, 2.45) is 0 Å². The van der Waals surface area contributed by atoms with Gasteiger partial charge in [-0.2, -0.15) is 0 Å². The number of hydrogen-bond donors (Lipinski definition) is 1. The number of ether oxygens (including phenoxy) is 2. The van der Waals surface area contributed by atoms with E-state index < -0.39 is 0 Å². The summed E-state index contributed by atoms with van der Waals surface area (Å²) in [7, 11) is 3.36. The van der Waals surface area contributed by atoms with Crippen LogP contribution in [0.3, 0.4) is 0 Å². The molecule has 27 heavy (non-hydrogen) atoms. The van der Waals surface area contributed by atoms with Crippen LogP contribution in [0.5, 0.6) is 11.5 Å². The topological polar surface area (TPSA) is 55.8 Å². The Hall–Kier alpha value is -3.11. The highest BCUT2D eigenvalue weighted by molar-refractivity contribution is 5.76. The van der Waals surface area contributed by atoms with E-state index in [0.29, 0.717) is 5.56 Å². The highest BCUT2D eigenvalue weighted by atomic mass is 16.5. The molecule has 3 aromatic rings. The van der Waals surface area contributed by atoms with Crippen LogP contribution < -0.4 is 4.74 Å². The number of benzene rings is 3. The lowest BCUT2D eigenvalue weighted by Gasteiger charge is -2.10. The van der Waals surface area contributed by atoms with Crippen molar-refractivity contribution in [3.05, 3.63) is 83.9 Å². The van der Waals surface area contributed by atoms with Gasteiger partial charge in [0.2, 0.25) is 0 Å². The third-order valence-corrected chi connectivity index (χ3v) is 4.16. The summed E-state index contributed by atoms with van der Waals surface area (Å²) in [4.78, 5) is 10.5. The van der Waals surface area contributed by atoms with Gasteiger partial charge in [-0.15, -0.1) is 0 Å². The van der Waals surface area contributed by atoms with Gasteiger partial charge in [-0.25, -0.2) is 0 Å². The largest absolute Gasteiger partial charge is 0.508 e. The molecule has 4 heteroatoms. The van der Waals surface area contributed by atoms with Gasteiger partial charge in [0, 0.05) is 12.7 Å². The molecule has 1 N–H and O–H groups in total. The fourth-order valence-corrected chi connectivity index (χ4v) is 2.44. The zero-order valence-corrected chi connectivity index (χ0v) is 15.8. The van der Waals surface area contributed by atoms with Gasteiger partial charge in [-0.05, 0) is 47.9 Å². The van der Waals surface area contributed by atoms with Gasteiger partial charge < -0.3 is 14.6 Å². The monoisotopic (exact) mass is 364 g/mol. The lowest BCUT2D eigenvalue weighted by Crippen LogP contribution is -1.95. The van der Waals surface area contributed by atoms with E-state index in [1.807, 2.05) is 55.5 Å². The van der Waals surface area contributed by atoms with Crippen LogP contribution in [0.1, 0.15) is 28.9 Å². The molecule has 1 atom stereocenters. The first kappa shape index (κ1) is 20.2. The number of methoxy groups -OCH3 is 2. The van der Waals surface area contributed by atoms with Gasteiger partial charge in [-0.1, -0.05) is 48.5 Å². The highest BCUT2D eigenvalue weighted by Crippen LogP contribution is 2.22. The van der Waals surface area contributed by atoms with Crippen molar-refractivity contribution in [2.75, 3.05) is 14.2 Å². The molecule has 4 nitrogen and oxygen atoms in total. The van der Waals surface area contributed by atoms with Gasteiger partial charge in [0.1, 0.15) is 17.8 Å². The second-order valence-corrected chi connectivity index (χ2v) is 5.94. The number of phenolic OH excluding ortho intramolecular Hbond substituents is 1. The first-order valence-corrected chi connectivity index (χ1v) is 8.58. The van der Waals surface area contributed by atoms with Crippen molar-refractivity contribution in [2.45, 2.75) is 13.0 Å². The van der Waals surface area contributed by atoms with Crippen molar-refractivity contribution in [3.8, 4) is 22.6 Å². The molecule has 0 aliphatic heterocycles. The number of rotatable bonds is 5. The lowest BCUT2D eigenvalue weighted by molar-refractivity contribution is 0.112. The zero-order valence-electron chi connectivity index (χ0n) is 15.8. The van der Waals surface area contributed by atoms with Crippen LogP contribution in [-0.2, 0) is 4.74 Å². The molecule has 140 valence electrons. The minimum Gasteiger partial charge on any atom is -0.508 e. The molecule has 0 spiro atoms. The second kappa shape index (κ2) is 10.1. The molecule has 0 aliphatic carbocycles. The normalized spacial score (nSPS) is 11.1. The third-order valence-electron chi connectivity index (χ3n) is 4.16. The molecule has 0 aromatic heterocycles. The summed E-state index contributed by atoms with van der Waals surface area (Å²) in [5.74, 6) is 1.12. The quantitative estimate of drug-likeness (QED) is 0.626. The number of aromatic hydroxyl groups is 1. The molecule has 0 amide bonds. The Morgan fingerprint density at radius 3 is 2.00 bits per heavy atom. The Bertz CT molecular complexity index is 839. The van der Waals surface area contributed by atoms with Crippen LogP contribution in [0.4, 0.5) is 0 Å². The number of phenols is 1. The average molecular weight is 364 g/mol. The lowest BCUT2D eigenvalue weighted by atomic mass is 10.0. The minimum atomic E-state index is 0.125. The highest BCUT2D eigenvalue weighted by Gasteiger charge is 2.03. The summed E-state index contributed by atoms with van der Waals surface area (Å²) in [6, 6.07) is 22.2. The van der Waals surface area contributed by atoms with Gasteiger partial charge in [0.25, 0.3) is 0 Å². The summed E-state index contributed by atoms with van der Waals surface area (Å²) in [5, 5.41) is 9.14. The second-order valence-electron chi connectivity index (χ2n) is 5.94. The first-order chi connectivity index (χ1) is 13.1. The first-order valence-electron chi connectivity index (χ1n) is 8.58. The summed E-state index contributed by atoms with van der Waals surface area (Å²) in [6.07, 6.45) is 0.945. The van der Waals surface area contributed by atoms with E-state index in [2.05, 4.69) is 0 Å². The van der Waals surface area contributed by atoms with Crippen LogP contribution in [-0.4, -0.2) is 25.6 Å². The number of aldehydes is 1. The number of carbonyl (C=O) groups excluding carboxylic acids is 1. The van der Waals surface area contributed by atoms with Crippen LogP contribution in [0.15, 0.2) is 72.8 Å². The smallest absolute Gasteiger partial charge is 0.150 e. The van der Waals surface area contributed by atoms with Gasteiger partial charge in [0.15, 0.2) is 0 Å². The Kier molecular flexibility index (Phi) is 7.59. The maximum absolute atomic E-state index is 10.5. The average Bonchev–Trinajstić information content (AvgIpc) is 2.74. The van der Waals surface area contributed by atoms with E-state index in [1.54, 1.807) is 38.5 Å².